The third-order valence-electron chi connectivity index (χ3n) is 6.28. The van der Waals surface area contributed by atoms with Crippen molar-refractivity contribution in [2.75, 3.05) is 46.2 Å². The molecule has 2 N–H and O–H groups in total. The molecule has 0 unspecified atom stereocenters. The third kappa shape index (κ3) is 5.02. The Hall–Kier alpha value is -3.59. The largest absolute Gasteiger partial charge is 0.497 e. The molecule has 0 atom stereocenters. The molecule has 0 fully saturated rings. The Labute approximate surface area is 215 Å². The predicted octanol–water partition coefficient (Wildman–Crippen LogP) is 5.53. The van der Waals surface area contributed by atoms with Gasteiger partial charge in [0.25, 0.3) is 5.91 Å². The highest BCUT2D eigenvalue weighted by Crippen LogP contribution is 2.42. The van der Waals surface area contributed by atoms with Gasteiger partial charge in [0, 0.05) is 23.1 Å². The van der Waals surface area contributed by atoms with Crippen molar-refractivity contribution >= 4 is 27.9 Å². The molecule has 1 aromatic heterocycles. The number of fused-ring (bicyclic) bond motifs is 1. The zero-order valence-electron chi connectivity index (χ0n) is 21.3. The zero-order valence-corrected chi connectivity index (χ0v) is 22.1. The summed E-state index contributed by atoms with van der Waals surface area (Å²) < 4.78 is 27.3. The summed E-state index contributed by atoms with van der Waals surface area (Å²) in [5, 5.41) is 7.38. The average molecular weight is 513 g/mol. The standard InChI is InChI=1S/C27H32N2O6S/c1-31-17-11-12-19(21(14-17)33-3)29-26(30)23-18-8-6-7-9-22(18)36-27(23)28-15-16-10-13-20(32-2)25(35-5)24(16)34-4/h10-14,28H,6-9,15H2,1-5H3,(H,29,30). The lowest BCUT2D eigenvalue weighted by atomic mass is 9.95. The van der Waals surface area contributed by atoms with Crippen LogP contribution in [0, 0.1) is 0 Å². The Morgan fingerprint density at radius 2 is 1.61 bits per heavy atom. The van der Waals surface area contributed by atoms with E-state index in [4.69, 9.17) is 23.7 Å². The molecule has 0 aliphatic heterocycles. The normalized spacial score (nSPS) is 12.4. The van der Waals surface area contributed by atoms with Crippen molar-refractivity contribution in [1.82, 2.24) is 0 Å². The Bertz CT molecular complexity index is 1240. The molecule has 1 amide bonds. The van der Waals surface area contributed by atoms with Crippen molar-refractivity contribution in [2.45, 2.75) is 32.2 Å². The molecule has 4 rings (SSSR count). The Morgan fingerprint density at radius 3 is 2.31 bits per heavy atom. The molecule has 0 saturated heterocycles. The molecule has 1 aliphatic carbocycles. The van der Waals surface area contributed by atoms with E-state index < -0.39 is 0 Å². The van der Waals surface area contributed by atoms with Crippen LogP contribution in [0.15, 0.2) is 30.3 Å². The number of nitrogens with one attached hydrogen (secondary N) is 2. The quantitative estimate of drug-likeness (QED) is 0.369. The van der Waals surface area contributed by atoms with Gasteiger partial charge in [-0.2, -0.15) is 0 Å². The SMILES string of the molecule is COc1ccc(NC(=O)c2c(NCc3ccc(OC)c(OC)c3OC)sc3c2CCCC3)c(OC)c1. The van der Waals surface area contributed by atoms with Gasteiger partial charge in [0.05, 0.1) is 46.8 Å². The molecule has 2 aromatic carbocycles. The van der Waals surface area contributed by atoms with Crippen LogP contribution in [0.25, 0.3) is 0 Å². The van der Waals surface area contributed by atoms with E-state index in [9.17, 15) is 4.79 Å². The average Bonchev–Trinajstić information content (AvgIpc) is 3.29. The summed E-state index contributed by atoms with van der Waals surface area (Å²) >= 11 is 1.65. The van der Waals surface area contributed by atoms with Gasteiger partial charge in [-0.25, -0.2) is 0 Å². The van der Waals surface area contributed by atoms with Crippen molar-refractivity contribution in [1.29, 1.82) is 0 Å². The van der Waals surface area contributed by atoms with E-state index in [1.165, 1.54) is 4.88 Å². The molecule has 9 heteroatoms. The minimum absolute atomic E-state index is 0.167. The first kappa shape index (κ1) is 25.5. The molecule has 0 radical (unpaired) electrons. The number of methoxy groups -OCH3 is 5. The molecule has 0 spiro atoms. The second-order valence-corrected chi connectivity index (χ2v) is 9.39. The number of hydrogen-bond donors (Lipinski definition) is 2. The van der Waals surface area contributed by atoms with Crippen LogP contribution in [0.3, 0.4) is 0 Å². The van der Waals surface area contributed by atoms with Crippen LogP contribution in [-0.4, -0.2) is 41.5 Å². The summed E-state index contributed by atoms with van der Waals surface area (Å²) in [7, 11) is 7.94. The smallest absolute Gasteiger partial charge is 0.259 e. The van der Waals surface area contributed by atoms with E-state index in [1.54, 1.807) is 65.1 Å². The number of amides is 1. The Kier molecular flexibility index (Phi) is 8.10. The summed E-state index contributed by atoms with van der Waals surface area (Å²) in [4.78, 5) is 14.9. The lowest BCUT2D eigenvalue weighted by Crippen LogP contribution is -2.17. The van der Waals surface area contributed by atoms with Crippen molar-refractivity contribution < 1.29 is 28.5 Å². The lowest BCUT2D eigenvalue weighted by Gasteiger charge is -2.17. The van der Waals surface area contributed by atoms with Crippen LogP contribution in [0.4, 0.5) is 10.7 Å². The van der Waals surface area contributed by atoms with Crippen LogP contribution >= 0.6 is 11.3 Å². The maximum atomic E-state index is 13.6. The first-order valence-electron chi connectivity index (χ1n) is 11.7. The van der Waals surface area contributed by atoms with E-state index >= 15 is 0 Å². The topological polar surface area (TPSA) is 87.3 Å². The molecule has 3 aromatic rings. The summed E-state index contributed by atoms with van der Waals surface area (Å²) in [6.07, 6.45) is 4.06. The van der Waals surface area contributed by atoms with Gasteiger partial charge in [0.2, 0.25) is 5.75 Å². The first-order valence-corrected chi connectivity index (χ1v) is 12.6. The number of rotatable bonds is 10. The van der Waals surface area contributed by atoms with Gasteiger partial charge in [-0.15, -0.1) is 11.3 Å². The number of hydrogen-bond acceptors (Lipinski definition) is 8. The van der Waals surface area contributed by atoms with Crippen LogP contribution in [0.5, 0.6) is 28.7 Å². The van der Waals surface area contributed by atoms with Crippen molar-refractivity contribution in [3.63, 3.8) is 0 Å². The Morgan fingerprint density at radius 1 is 0.861 bits per heavy atom. The highest BCUT2D eigenvalue weighted by Gasteiger charge is 2.26. The monoisotopic (exact) mass is 512 g/mol. The summed E-state index contributed by atoms with van der Waals surface area (Å²) in [5.41, 5.74) is 3.29. The highest BCUT2D eigenvalue weighted by atomic mass is 32.1. The lowest BCUT2D eigenvalue weighted by molar-refractivity contribution is 0.102. The van der Waals surface area contributed by atoms with E-state index in [0.717, 1.165) is 41.8 Å². The van der Waals surface area contributed by atoms with Crippen molar-refractivity contribution in [3.05, 3.63) is 51.9 Å². The van der Waals surface area contributed by atoms with Crippen LogP contribution in [0.1, 0.15) is 39.2 Å². The fraction of sp³-hybridized carbons (Fsp3) is 0.370. The number of carbonyl (C=O) groups excluding carboxylic acids is 1. The summed E-state index contributed by atoms with van der Waals surface area (Å²) in [5.74, 6) is 2.76. The fourth-order valence-electron chi connectivity index (χ4n) is 4.50. The van der Waals surface area contributed by atoms with Crippen molar-refractivity contribution in [2.24, 2.45) is 0 Å². The van der Waals surface area contributed by atoms with E-state index in [0.29, 0.717) is 46.5 Å². The molecule has 1 aliphatic rings. The fourth-order valence-corrected chi connectivity index (χ4v) is 5.78. The highest BCUT2D eigenvalue weighted by molar-refractivity contribution is 7.16. The van der Waals surface area contributed by atoms with E-state index in [2.05, 4.69) is 10.6 Å². The molecule has 192 valence electrons. The maximum Gasteiger partial charge on any atom is 0.259 e. The number of benzene rings is 2. The molecular formula is C27H32N2O6S. The second-order valence-electron chi connectivity index (χ2n) is 8.28. The predicted molar refractivity (Wildman–Crippen MR) is 142 cm³/mol. The number of carbonyl (C=O) groups is 1. The molecule has 0 bridgehead atoms. The summed E-state index contributed by atoms with van der Waals surface area (Å²) in [6.45, 7) is 0.453. The zero-order chi connectivity index (χ0) is 25.7. The molecular weight excluding hydrogens is 480 g/mol. The van der Waals surface area contributed by atoms with E-state index in [1.807, 2.05) is 12.1 Å². The molecule has 1 heterocycles. The van der Waals surface area contributed by atoms with Crippen molar-refractivity contribution in [3.8, 4) is 28.7 Å². The van der Waals surface area contributed by atoms with Gasteiger partial charge in [-0.3, -0.25) is 4.79 Å². The third-order valence-corrected chi connectivity index (χ3v) is 7.53. The Balaban J connectivity index is 1.64. The number of aryl methyl sites for hydroxylation is 1. The molecule has 0 saturated carbocycles. The van der Waals surface area contributed by atoms with Gasteiger partial charge in [-0.05, 0) is 55.5 Å². The summed E-state index contributed by atoms with van der Waals surface area (Å²) in [6, 6.07) is 9.12. The molecule has 36 heavy (non-hydrogen) atoms. The maximum absolute atomic E-state index is 13.6. The van der Waals surface area contributed by atoms with Gasteiger partial charge in [0.1, 0.15) is 16.5 Å². The van der Waals surface area contributed by atoms with Gasteiger partial charge < -0.3 is 34.3 Å². The minimum Gasteiger partial charge on any atom is -0.497 e. The van der Waals surface area contributed by atoms with Gasteiger partial charge in [-0.1, -0.05) is 0 Å². The first-order chi connectivity index (χ1) is 17.5. The minimum atomic E-state index is -0.167. The number of thiophene rings is 1. The van der Waals surface area contributed by atoms with Gasteiger partial charge in [0.15, 0.2) is 11.5 Å². The van der Waals surface area contributed by atoms with Crippen LogP contribution in [0.2, 0.25) is 0 Å². The number of anilines is 2. The van der Waals surface area contributed by atoms with Crippen LogP contribution < -0.4 is 34.3 Å². The second kappa shape index (κ2) is 11.4. The number of ether oxygens (including phenoxy) is 5. The van der Waals surface area contributed by atoms with Gasteiger partial charge >= 0.3 is 0 Å². The van der Waals surface area contributed by atoms with E-state index in [-0.39, 0.29) is 5.91 Å². The molecule has 8 nitrogen and oxygen atoms in total. The van der Waals surface area contributed by atoms with Crippen LogP contribution in [-0.2, 0) is 19.4 Å².